The van der Waals surface area contributed by atoms with Gasteiger partial charge in [0.1, 0.15) is 13.2 Å². The minimum absolute atomic E-state index is 0.0626. The molecule has 0 aliphatic rings. The summed E-state index contributed by atoms with van der Waals surface area (Å²) < 4.78 is 20.6. The summed E-state index contributed by atoms with van der Waals surface area (Å²) in [5.41, 5.74) is 2.50. The lowest BCUT2D eigenvalue weighted by Gasteiger charge is -2.15. The normalized spacial score (nSPS) is 10.3. The van der Waals surface area contributed by atoms with Crippen molar-refractivity contribution < 1.29 is 38.1 Å². The smallest absolute Gasteiger partial charge is 0.407 e. The van der Waals surface area contributed by atoms with Gasteiger partial charge in [-0.05, 0) is 25.0 Å². The topological polar surface area (TPSA) is 155 Å². The van der Waals surface area contributed by atoms with E-state index in [1.165, 1.54) is 0 Å². The summed E-state index contributed by atoms with van der Waals surface area (Å²) in [6.07, 6.45) is -1.91. The maximum absolute atomic E-state index is 12.4. The molecule has 0 spiro atoms. The van der Waals surface area contributed by atoms with Crippen molar-refractivity contribution in [3.8, 4) is 0 Å². The van der Waals surface area contributed by atoms with Gasteiger partial charge in [0, 0.05) is 0 Å². The number of hydrogen-bond donors (Lipinski definition) is 2. The van der Waals surface area contributed by atoms with Crippen LogP contribution in [0.1, 0.15) is 47.8 Å². The molecular weight excluding hydrogens is 544 g/mol. The number of amides is 2. The highest BCUT2D eigenvalue weighted by atomic mass is 16.6. The van der Waals surface area contributed by atoms with Crippen LogP contribution in [0.2, 0.25) is 0 Å². The van der Waals surface area contributed by atoms with Crippen LogP contribution in [0.25, 0.3) is 0 Å². The van der Waals surface area contributed by atoms with Gasteiger partial charge < -0.3 is 29.6 Å². The molecule has 0 fully saturated rings. The molecule has 0 radical (unpaired) electrons. The average Bonchev–Trinajstić information content (AvgIpc) is 2.99. The third-order valence-corrected chi connectivity index (χ3v) is 5.67. The summed E-state index contributed by atoms with van der Waals surface area (Å²) in [4.78, 5) is 58.5. The molecule has 3 aromatic rings. The average molecular weight is 579 g/mol. The molecule has 0 saturated carbocycles. The number of aromatic nitrogens is 2. The molecule has 2 aromatic carbocycles. The number of nitrogens with one attached hydrogen (secondary N) is 2. The monoisotopic (exact) mass is 578 g/mol. The molecule has 222 valence electrons. The van der Waals surface area contributed by atoms with E-state index in [0.717, 1.165) is 11.1 Å². The van der Waals surface area contributed by atoms with Crippen molar-refractivity contribution in [2.24, 2.45) is 0 Å². The molecule has 0 atom stereocenters. The van der Waals surface area contributed by atoms with E-state index < -0.39 is 24.1 Å². The molecular formula is C30H34N4O8. The van der Waals surface area contributed by atoms with Crippen molar-refractivity contribution >= 4 is 24.1 Å². The zero-order valence-electron chi connectivity index (χ0n) is 23.6. The Bertz CT molecular complexity index is 1230. The van der Waals surface area contributed by atoms with Crippen molar-refractivity contribution in [2.45, 2.75) is 53.0 Å². The molecule has 0 bridgehead atoms. The zero-order chi connectivity index (χ0) is 30.2. The first-order valence-electron chi connectivity index (χ1n) is 13.5. The van der Waals surface area contributed by atoms with E-state index in [1.54, 1.807) is 13.8 Å². The summed E-state index contributed by atoms with van der Waals surface area (Å²) in [5, 5.41) is 5.20. The van der Waals surface area contributed by atoms with Crippen LogP contribution in [0, 0.1) is 0 Å². The fraction of sp³-hybridized carbons (Fsp3) is 0.333. The van der Waals surface area contributed by atoms with Crippen LogP contribution in [0.4, 0.5) is 9.59 Å². The number of hydrogen-bond acceptors (Lipinski definition) is 10. The van der Waals surface area contributed by atoms with Crippen LogP contribution in [0.5, 0.6) is 0 Å². The summed E-state index contributed by atoms with van der Waals surface area (Å²) in [6.45, 7) is 3.51. The third kappa shape index (κ3) is 10.9. The van der Waals surface area contributed by atoms with Crippen molar-refractivity contribution in [1.82, 2.24) is 20.6 Å². The van der Waals surface area contributed by atoms with E-state index in [1.807, 2.05) is 60.7 Å². The molecule has 12 nitrogen and oxygen atoms in total. The lowest BCUT2D eigenvalue weighted by atomic mass is 10.1. The Kier molecular flexibility index (Phi) is 12.7. The van der Waals surface area contributed by atoms with E-state index in [0.29, 0.717) is 0 Å². The highest BCUT2D eigenvalue weighted by molar-refractivity contribution is 5.74. The first-order chi connectivity index (χ1) is 20.4. The van der Waals surface area contributed by atoms with E-state index in [-0.39, 0.29) is 75.1 Å². The van der Waals surface area contributed by atoms with Gasteiger partial charge in [-0.15, -0.1) is 0 Å². The zero-order valence-corrected chi connectivity index (χ0v) is 23.6. The van der Waals surface area contributed by atoms with Gasteiger partial charge in [-0.25, -0.2) is 9.59 Å². The molecule has 12 heteroatoms. The lowest BCUT2D eigenvalue weighted by Crippen LogP contribution is -2.29. The number of alkyl carbamates (subject to hydrolysis) is 2. The maximum atomic E-state index is 12.4. The van der Waals surface area contributed by atoms with Crippen LogP contribution in [0.15, 0.2) is 60.7 Å². The SMILES string of the molecule is CCOC(=O)Cc1nc(CNC(=O)OCc2ccccc2)c(CC(=O)OCC)nc1CNC(=O)OCc1ccccc1. The van der Waals surface area contributed by atoms with Crippen molar-refractivity contribution in [1.29, 1.82) is 0 Å². The molecule has 0 saturated heterocycles. The Morgan fingerprint density at radius 3 is 1.31 bits per heavy atom. The molecule has 1 aromatic heterocycles. The highest BCUT2D eigenvalue weighted by Crippen LogP contribution is 2.14. The number of ether oxygens (including phenoxy) is 4. The molecule has 2 amide bonds. The van der Waals surface area contributed by atoms with E-state index in [4.69, 9.17) is 18.9 Å². The Hall–Kier alpha value is -5.00. The van der Waals surface area contributed by atoms with Crippen LogP contribution < -0.4 is 10.6 Å². The summed E-state index contributed by atoms with van der Waals surface area (Å²) >= 11 is 0. The lowest BCUT2D eigenvalue weighted by molar-refractivity contribution is -0.143. The summed E-state index contributed by atoms with van der Waals surface area (Å²) in [6, 6.07) is 18.3. The molecule has 42 heavy (non-hydrogen) atoms. The van der Waals surface area contributed by atoms with Gasteiger partial charge in [-0.2, -0.15) is 0 Å². The van der Waals surface area contributed by atoms with Crippen molar-refractivity contribution in [3.05, 3.63) is 94.6 Å². The van der Waals surface area contributed by atoms with Gasteiger partial charge in [-0.1, -0.05) is 60.7 Å². The fourth-order valence-electron chi connectivity index (χ4n) is 3.71. The molecule has 3 rings (SSSR count). The first-order valence-corrected chi connectivity index (χ1v) is 13.5. The van der Waals surface area contributed by atoms with Crippen LogP contribution >= 0.6 is 0 Å². The van der Waals surface area contributed by atoms with E-state index >= 15 is 0 Å². The number of benzene rings is 2. The molecule has 0 aliphatic carbocycles. The predicted molar refractivity (Wildman–Crippen MR) is 150 cm³/mol. The second-order valence-corrected chi connectivity index (χ2v) is 8.80. The van der Waals surface area contributed by atoms with Crippen LogP contribution in [0.3, 0.4) is 0 Å². The number of carbonyl (C=O) groups excluding carboxylic acids is 4. The third-order valence-electron chi connectivity index (χ3n) is 5.67. The summed E-state index contributed by atoms with van der Waals surface area (Å²) in [5.74, 6) is -1.11. The van der Waals surface area contributed by atoms with Crippen molar-refractivity contribution in [3.63, 3.8) is 0 Å². The van der Waals surface area contributed by atoms with E-state index in [2.05, 4.69) is 20.6 Å². The second kappa shape index (κ2) is 17.0. The van der Waals surface area contributed by atoms with Gasteiger partial charge in [-0.3, -0.25) is 19.6 Å². The van der Waals surface area contributed by atoms with E-state index in [9.17, 15) is 19.2 Å². The quantitative estimate of drug-likeness (QED) is 0.214. The number of nitrogens with zero attached hydrogens (tertiary/aromatic N) is 2. The van der Waals surface area contributed by atoms with Gasteiger partial charge >= 0.3 is 24.1 Å². The first kappa shape index (κ1) is 31.5. The predicted octanol–water partition coefficient (Wildman–Crippen LogP) is 3.54. The Labute approximate surface area is 243 Å². The number of carbonyl (C=O) groups is 4. The van der Waals surface area contributed by atoms with Crippen LogP contribution in [-0.4, -0.2) is 47.3 Å². The Morgan fingerprint density at radius 2 is 0.952 bits per heavy atom. The van der Waals surface area contributed by atoms with Crippen LogP contribution in [-0.2, 0) is 67.7 Å². The standard InChI is InChI=1S/C30H34N4O8/c1-3-39-27(35)15-23-25(17-31-29(37)41-19-21-11-7-5-8-12-21)34-24(16-28(36)40-4-2)26(33-23)18-32-30(38)42-20-22-13-9-6-10-14-22/h5-14H,3-4,15-20H2,1-2H3,(H,31,37)(H,32,38). The molecule has 1 heterocycles. The van der Waals surface area contributed by atoms with Gasteiger partial charge in [0.05, 0.1) is 61.9 Å². The molecule has 0 aliphatic heterocycles. The Morgan fingerprint density at radius 1 is 0.571 bits per heavy atom. The number of rotatable bonds is 14. The minimum Gasteiger partial charge on any atom is -0.466 e. The number of esters is 2. The van der Waals surface area contributed by atoms with Gasteiger partial charge in [0.15, 0.2) is 0 Å². The second-order valence-electron chi connectivity index (χ2n) is 8.80. The van der Waals surface area contributed by atoms with Crippen molar-refractivity contribution in [2.75, 3.05) is 13.2 Å². The largest absolute Gasteiger partial charge is 0.466 e. The highest BCUT2D eigenvalue weighted by Gasteiger charge is 2.21. The maximum Gasteiger partial charge on any atom is 0.407 e. The Balaban J connectivity index is 1.77. The van der Waals surface area contributed by atoms with Gasteiger partial charge in [0.25, 0.3) is 0 Å². The summed E-state index contributed by atoms with van der Waals surface area (Å²) in [7, 11) is 0. The fourth-order valence-corrected chi connectivity index (χ4v) is 3.71. The molecule has 0 unspecified atom stereocenters. The molecule has 2 N–H and O–H groups in total. The minimum atomic E-state index is -0.707. The van der Waals surface area contributed by atoms with Gasteiger partial charge in [0.2, 0.25) is 0 Å².